The van der Waals surface area contributed by atoms with Crippen LogP contribution in [0.25, 0.3) is 0 Å². The van der Waals surface area contributed by atoms with Crippen LogP contribution in [-0.2, 0) is 16.1 Å². The highest BCUT2D eigenvalue weighted by atomic mass is 16.4. The summed E-state index contributed by atoms with van der Waals surface area (Å²) in [6, 6.07) is 23.1. The maximum atomic E-state index is 12.5. The molecule has 3 aromatic carbocycles. The predicted octanol–water partition coefficient (Wildman–Crippen LogP) is 2.45. The summed E-state index contributed by atoms with van der Waals surface area (Å²) < 4.78 is 0. The van der Waals surface area contributed by atoms with E-state index in [-0.39, 0.29) is 12.0 Å². The van der Waals surface area contributed by atoms with E-state index in [1.54, 1.807) is 42.5 Å². The molecular formula is C26H25N4O5-. The van der Waals surface area contributed by atoms with Gasteiger partial charge in [0.15, 0.2) is 0 Å². The Hall–Kier alpha value is -4.66. The average Bonchev–Trinajstić information content (AvgIpc) is 2.86. The Balaban J connectivity index is 1.56. The summed E-state index contributed by atoms with van der Waals surface area (Å²) in [7, 11) is 0. The molecule has 0 bridgehead atoms. The van der Waals surface area contributed by atoms with Crippen molar-refractivity contribution in [1.82, 2.24) is 10.6 Å². The monoisotopic (exact) mass is 473 g/mol. The van der Waals surface area contributed by atoms with Crippen LogP contribution in [0.2, 0.25) is 0 Å². The summed E-state index contributed by atoms with van der Waals surface area (Å²) in [6.07, 6.45) is -0.302. The Bertz CT molecular complexity index is 1180. The van der Waals surface area contributed by atoms with E-state index in [1.165, 1.54) is 12.1 Å². The molecule has 3 rings (SSSR count). The van der Waals surface area contributed by atoms with Crippen LogP contribution in [0, 0.1) is 0 Å². The second kappa shape index (κ2) is 12.5. The van der Waals surface area contributed by atoms with Crippen LogP contribution >= 0.6 is 0 Å². The van der Waals surface area contributed by atoms with Gasteiger partial charge in [0.25, 0.3) is 0 Å². The number of carbonyl (C=O) groups excluding carboxylic acids is 2. The summed E-state index contributed by atoms with van der Waals surface area (Å²) in [5, 5.41) is 29.6. The summed E-state index contributed by atoms with van der Waals surface area (Å²) >= 11 is 0. The SMILES string of the molecule is O=C(O)CC(NC(=O)CN=C([O-])c1cccc(NC(=O)NCc2ccccc2)c1)c1ccccc1. The number of nitrogens with zero attached hydrogens (tertiary/aromatic N) is 1. The number of anilines is 1. The van der Waals surface area contributed by atoms with Crippen LogP contribution in [0.4, 0.5) is 10.5 Å². The standard InChI is InChI=1S/C26H26N4O5/c31-23(30-22(15-24(32)33)19-10-5-2-6-11-19)17-27-25(34)20-12-7-13-21(14-20)29-26(35)28-16-18-8-3-1-4-9-18/h1-14,22H,15-17H2,(H,27,34)(H,30,31)(H,32,33)(H2,28,29,35)/p-1. The lowest BCUT2D eigenvalue weighted by Crippen LogP contribution is -2.33. The van der Waals surface area contributed by atoms with Crippen molar-refractivity contribution in [2.75, 3.05) is 11.9 Å². The number of nitrogens with one attached hydrogen (secondary N) is 3. The van der Waals surface area contributed by atoms with Crippen molar-refractivity contribution in [3.8, 4) is 0 Å². The minimum atomic E-state index is -1.07. The number of carbonyl (C=O) groups is 3. The minimum absolute atomic E-state index is 0.198. The van der Waals surface area contributed by atoms with E-state index in [1.807, 2.05) is 30.3 Å². The molecule has 0 aliphatic rings. The zero-order valence-electron chi connectivity index (χ0n) is 18.8. The predicted molar refractivity (Wildman–Crippen MR) is 130 cm³/mol. The van der Waals surface area contributed by atoms with Gasteiger partial charge in [-0.2, -0.15) is 0 Å². The van der Waals surface area contributed by atoms with E-state index < -0.39 is 36.4 Å². The molecule has 9 nitrogen and oxygen atoms in total. The Morgan fingerprint density at radius 1 is 0.914 bits per heavy atom. The smallest absolute Gasteiger partial charge is 0.319 e. The highest BCUT2D eigenvalue weighted by Crippen LogP contribution is 2.16. The molecule has 9 heteroatoms. The molecule has 0 fully saturated rings. The third kappa shape index (κ3) is 8.32. The quantitative estimate of drug-likeness (QED) is 0.264. The second-order valence-corrected chi connectivity index (χ2v) is 7.62. The van der Waals surface area contributed by atoms with Crippen molar-refractivity contribution in [3.05, 3.63) is 102 Å². The van der Waals surface area contributed by atoms with Gasteiger partial charge in [-0.15, -0.1) is 0 Å². The number of rotatable bonds is 10. The molecule has 0 aliphatic heterocycles. The highest BCUT2D eigenvalue weighted by molar-refractivity contribution is 5.95. The first-order valence-corrected chi connectivity index (χ1v) is 10.9. The number of carboxylic acids is 1. The number of aliphatic imine (C=N–C) groups is 1. The van der Waals surface area contributed by atoms with Crippen molar-refractivity contribution in [1.29, 1.82) is 0 Å². The zero-order chi connectivity index (χ0) is 25.0. The zero-order valence-corrected chi connectivity index (χ0v) is 18.8. The van der Waals surface area contributed by atoms with E-state index in [0.29, 0.717) is 17.8 Å². The van der Waals surface area contributed by atoms with Gasteiger partial charge in [-0.25, -0.2) is 4.79 Å². The molecule has 0 radical (unpaired) electrons. The fourth-order valence-electron chi connectivity index (χ4n) is 3.27. The molecule has 3 aromatic rings. The fraction of sp³-hybridized carbons (Fsp3) is 0.154. The first kappa shape index (κ1) is 25.0. The minimum Gasteiger partial charge on any atom is -0.858 e. The molecule has 35 heavy (non-hydrogen) atoms. The number of aliphatic carboxylic acids is 1. The summed E-state index contributed by atoms with van der Waals surface area (Å²) in [5.74, 6) is -2.28. The lowest BCUT2D eigenvalue weighted by molar-refractivity contribution is -0.213. The van der Waals surface area contributed by atoms with Gasteiger partial charge in [0.1, 0.15) is 6.54 Å². The van der Waals surface area contributed by atoms with Gasteiger partial charge in [-0.05, 0) is 34.7 Å². The molecule has 3 amide bonds. The van der Waals surface area contributed by atoms with Gasteiger partial charge in [0.2, 0.25) is 5.91 Å². The normalized spacial score (nSPS) is 11.8. The molecule has 0 heterocycles. The van der Waals surface area contributed by atoms with Gasteiger partial charge in [-0.3, -0.25) is 14.6 Å². The Morgan fingerprint density at radius 3 is 2.29 bits per heavy atom. The van der Waals surface area contributed by atoms with Gasteiger partial charge < -0.3 is 26.2 Å². The molecule has 180 valence electrons. The Labute approximate surface area is 202 Å². The molecule has 0 spiro atoms. The lowest BCUT2D eigenvalue weighted by atomic mass is 10.0. The van der Waals surface area contributed by atoms with Crippen LogP contribution in [-0.4, -0.2) is 35.5 Å². The van der Waals surface area contributed by atoms with Crippen molar-refractivity contribution in [2.45, 2.75) is 19.0 Å². The number of amides is 3. The second-order valence-electron chi connectivity index (χ2n) is 7.62. The van der Waals surface area contributed by atoms with Crippen LogP contribution < -0.4 is 21.1 Å². The van der Waals surface area contributed by atoms with Gasteiger partial charge in [0, 0.05) is 12.2 Å². The maximum Gasteiger partial charge on any atom is 0.319 e. The molecule has 0 aromatic heterocycles. The van der Waals surface area contributed by atoms with Crippen LogP contribution in [0.3, 0.4) is 0 Å². The van der Waals surface area contributed by atoms with Crippen LogP contribution in [0.15, 0.2) is 89.9 Å². The maximum absolute atomic E-state index is 12.5. The summed E-state index contributed by atoms with van der Waals surface area (Å²) in [6.45, 7) is -0.113. The van der Waals surface area contributed by atoms with E-state index in [0.717, 1.165) is 5.56 Å². The fourth-order valence-corrected chi connectivity index (χ4v) is 3.27. The third-order valence-corrected chi connectivity index (χ3v) is 4.95. The molecule has 0 saturated carbocycles. The van der Waals surface area contributed by atoms with E-state index in [4.69, 9.17) is 5.11 Å². The Kier molecular flexibility index (Phi) is 8.95. The number of benzene rings is 3. The van der Waals surface area contributed by atoms with E-state index in [2.05, 4.69) is 20.9 Å². The molecule has 0 aliphatic carbocycles. The van der Waals surface area contributed by atoms with Crippen molar-refractivity contribution in [3.63, 3.8) is 0 Å². The molecular weight excluding hydrogens is 448 g/mol. The summed E-state index contributed by atoms with van der Waals surface area (Å²) in [4.78, 5) is 39.4. The first-order chi connectivity index (χ1) is 16.9. The lowest BCUT2D eigenvalue weighted by Gasteiger charge is -2.18. The van der Waals surface area contributed by atoms with Gasteiger partial charge >= 0.3 is 12.0 Å². The average molecular weight is 474 g/mol. The van der Waals surface area contributed by atoms with E-state index >= 15 is 0 Å². The van der Waals surface area contributed by atoms with Gasteiger partial charge in [-0.1, -0.05) is 72.8 Å². The number of hydrogen-bond acceptors (Lipinski definition) is 5. The molecule has 0 saturated heterocycles. The number of carboxylic acid groups (broad SMARTS) is 1. The molecule has 1 atom stereocenters. The third-order valence-electron chi connectivity index (χ3n) is 4.95. The van der Waals surface area contributed by atoms with Crippen molar-refractivity contribution in [2.24, 2.45) is 4.99 Å². The van der Waals surface area contributed by atoms with Crippen molar-refractivity contribution < 1.29 is 24.6 Å². The van der Waals surface area contributed by atoms with Crippen LogP contribution in [0.5, 0.6) is 0 Å². The van der Waals surface area contributed by atoms with Crippen molar-refractivity contribution >= 4 is 29.5 Å². The highest BCUT2D eigenvalue weighted by Gasteiger charge is 2.17. The molecule has 4 N–H and O–H groups in total. The van der Waals surface area contributed by atoms with Crippen LogP contribution in [0.1, 0.15) is 29.2 Å². The van der Waals surface area contributed by atoms with E-state index in [9.17, 15) is 19.5 Å². The Morgan fingerprint density at radius 2 is 1.60 bits per heavy atom. The number of hydrogen-bond donors (Lipinski definition) is 4. The van der Waals surface area contributed by atoms with Gasteiger partial charge in [0.05, 0.1) is 12.5 Å². The largest absolute Gasteiger partial charge is 0.858 e. The number of urea groups is 1. The topological polar surface area (TPSA) is 143 Å². The summed E-state index contributed by atoms with van der Waals surface area (Å²) in [5.41, 5.74) is 2.18. The molecule has 1 unspecified atom stereocenters. The first-order valence-electron chi connectivity index (χ1n) is 10.9.